The van der Waals surface area contributed by atoms with Crippen molar-refractivity contribution in [3.05, 3.63) is 35.9 Å². The number of rotatable bonds is 10. The number of nitrogens with one attached hydrogen (secondary N) is 1. The smallest absolute Gasteiger partial charge is 0.244 e. The Labute approximate surface area is 128 Å². The highest BCUT2D eigenvalue weighted by Gasteiger charge is 2.38. The predicted octanol–water partition coefficient (Wildman–Crippen LogP) is 2.57. The first-order valence-corrected chi connectivity index (χ1v) is 7.78. The number of hydrogen-bond donors (Lipinski definition) is 2. The number of hydrogen-bond acceptors (Lipinski definition) is 3. The van der Waals surface area contributed by atoms with E-state index in [1.807, 2.05) is 37.3 Å². The van der Waals surface area contributed by atoms with Crippen LogP contribution in [0.1, 0.15) is 45.6 Å². The molecule has 0 aromatic heterocycles. The Hall–Kier alpha value is -1.39. The largest absolute Gasteiger partial charge is 0.376 e. The zero-order chi connectivity index (χ0) is 15.7. The van der Waals surface area contributed by atoms with E-state index in [0.717, 1.165) is 24.8 Å². The van der Waals surface area contributed by atoms with Gasteiger partial charge in [-0.1, -0.05) is 50.6 Å². The van der Waals surface area contributed by atoms with E-state index in [9.17, 15) is 4.79 Å². The van der Waals surface area contributed by atoms with Crippen molar-refractivity contribution in [3.63, 3.8) is 0 Å². The van der Waals surface area contributed by atoms with E-state index in [4.69, 9.17) is 10.5 Å². The van der Waals surface area contributed by atoms with E-state index in [0.29, 0.717) is 6.54 Å². The maximum Gasteiger partial charge on any atom is 0.244 e. The van der Waals surface area contributed by atoms with Crippen molar-refractivity contribution >= 4 is 5.91 Å². The Kier molecular flexibility index (Phi) is 7.40. The molecule has 1 aromatic rings. The lowest BCUT2D eigenvalue weighted by molar-refractivity contribution is -0.128. The summed E-state index contributed by atoms with van der Waals surface area (Å²) in [6.45, 7) is 7.18. The average molecular weight is 292 g/mol. The van der Waals surface area contributed by atoms with Gasteiger partial charge in [-0.15, -0.1) is 0 Å². The first-order valence-electron chi connectivity index (χ1n) is 7.78. The van der Waals surface area contributed by atoms with Crippen molar-refractivity contribution in [1.29, 1.82) is 0 Å². The monoisotopic (exact) mass is 292 g/mol. The molecule has 1 aromatic carbocycles. The summed E-state index contributed by atoms with van der Waals surface area (Å²) in [7, 11) is 0. The summed E-state index contributed by atoms with van der Waals surface area (Å²) in [5.41, 5.74) is 5.62. The van der Waals surface area contributed by atoms with E-state index in [-0.39, 0.29) is 12.7 Å². The van der Waals surface area contributed by atoms with Crippen molar-refractivity contribution in [2.24, 2.45) is 5.73 Å². The topological polar surface area (TPSA) is 64.3 Å². The molecule has 118 valence electrons. The molecule has 0 spiro atoms. The maximum atomic E-state index is 12.2. The van der Waals surface area contributed by atoms with E-state index in [1.54, 1.807) is 0 Å². The molecule has 4 nitrogen and oxygen atoms in total. The van der Waals surface area contributed by atoms with Crippen LogP contribution in [-0.4, -0.2) is 25.2 Å². The van der Waals surface area contributed by atoms with Crippen molar-refractivity contribution in [1.82, 2.24) is 5.32 Å². The summed E-state index contributed by atoms with van der Waals surface area (Å²) < 4.78 is 5.90. The van der Waals surface area contributed by atoms with Crippen LogP contribution in [0.4, 0.5) is 0 Å². The van der Waals surface area contributed by atoms with E-state index in [2.05, 4.69) is 19.2 Å². The molecule has 0 aliphatic carbocycles. The molecule has 0 saturated heterocycles. The van der Waals surface area contributed by atoms with Gasteiger partial charge in [-0.3, -0.25) is 10.1 Å². The second-order valence-corrected chi connectivity index (χ2v) is 5.47. The van der Waals surface area contributed by atoms with Gasteiger partial charge < -0.3 is 10.5 Å². The molecular formula is C17H28N2O2. The van der Waals surface area contributed by atoms with E-state index in [1.165, 1.54) is 0 Å². The van der Waals surface area contributed by atoms with Gasteiger partial charge in [0.25, 0.3) is 0 Å². The third kappa shape index (κ3) is 4.83. The highest BCUT2D eigenvalue weighted by Crippen LogP contribution is 2.23. The van der Waals surface area contributed by atoms with Gasteiger partial charge in [0, 0.05) is 0 Å². The zero-order valence-corrected chi connectivity index (χ0v) is 13.4. The van der Waals surface area contributed by atoms with Gasteiger partial charge in [-0.2, -0.15) is 0 Å². The normalized spacial score (nSPS) is 15.4. The van der Waals surface area contributed by atoms with Gasteiger partial charge in [0.15, 0.2) is 0 Å². The molecule has 4 heteroatoms. The van der Waals surface area contributed by atoms with Gasteiger partial charge in [-0.05, 0) is 31.9 Å². The Morgan fingerprint density at radius 2 is 1.95 bits per heavy atom. The van der Waals surface area contributed by atoms with Crippen LogP contribution in [0.2, 0.25) is 0 Å². The predicted molar refractivity (Wildman–Crippen MR) is 85.9 cm³/mol. The first kappa shape index (κ1) is 17.7. The summed E-state index contributed by atoms with van der Waals surface area (Å²) in [5.74, 6) is -0.397. The van der Waals surface area contributed by atoms with E-state index < -0.39 is 11.4 Å². The van der Waals surface area contributed by atoms with Gasteiger partial charge >= 0.3 is 0 Å². The quantitative estimate of drug-likeness (QED) is 0.696. The second kappa shape index (κ2) is 8.80. The van der Waals surface area contributed by atoms with Crippen molar-refractivity contribution in [2.45, 2.75) is 51.7 Å². The van der Waals surface area contributed by atoms with Crippen LogP contribution in [0.15, 0.2) is 30.3 Å². The lowest BCUT2D eigenvalue weighted by atomic mass is 9.89. The third-order valence-electron chi connectivity index (χ3n) is 3.64. The second-order valence-electron chi connectivity index (χ2n) is 5.47. The summed E-state index contributed by atoms with van der Waals surface area (Å²) >= 11 is 0. The van der Waals surface area contributed by atoms with Crippen molar-refractivity contribution in [3.8, 4) is 0 Å². The number of carbonyl (C=O) groups excluding carboxylic acids is 1. The van der Waals surface area contributed by atoms with Crippen LogP contribution in [-0.2, 0) is 15.1 Å². The van der Waals surface area contributed by atoms with Crippen LogP contribution in [0.25, 0.3) is 0 Å². The Balaban J connectivity index is 2.99. The summed E-state index contributed by atoms with van der Waals surface area (Å²) in [4.78, 5) is 12.2. The molecule has 0 aliphatic heterocycles. The fourth-order valence-electron chi connectivity index (χ4n) is 2.36. The number of amides is 1. The molecule has 1 rings (SSSR count). The van der Waals surface area contributed by atoms with E-state index >= 15 is 0 Å². The average Bonchev–Trinajstić information content (AvgIpc) is 2.48. The zero-order valence-electron chi connectivity index (χ0n) is 13.4. The molecule has 3 N–H and O–H groups in total. The van der Waals surface area contributed by atoms with Crippen LogP contribution in [0.5, 0.6) is 0 Å². The SMILES string of the molecule is CCCNC(COC(C)CCC)(C(N)=O)c1ccccc1. The van der Waals surface area contributed by atoms with Gasteiger partial charge in [0.2, 0.25) is 5.91 Å². The summed E-state index contributed by atoms with van der Waals surface area (Å²) in [6, 6.07) is 9.59. The van der Waals surface area contributed by atoms with Crippen molar-refractivity contribution in [2.75, 3.05) is 13.2 Å². The molecule has 21 heavy (non-hydrogen) atoms. The van der Waals surface area contributed by atoms with Gasteiger partial charge in [0.1, 0.15) is 5.54 Å². The molecule has 0 fully saturated rings. The minimum atomic E-state index is -0.959. The highest BCUT2D eigenvalue weighted by molar-refractivity contribution is 5.86. The Morgan fingerprint density at radius 3 is 2.48 bits per heavy atom. The standard InChI is InChI=1S/C17H28N2O2/c1-4-9-14(3)21-13-17(16(18)20,19-12-5-2)15-10-7-6-8-11-15/h6-8,10-11,14,19H,4-5,9,12-13H2,1-3H3,(H2,18,20). The lowest BCUT2D eigenvalue weighted by Crippen LogP contribution is -2.56. The first-order chi connectivity index (χ1) is 10.1. The number of ether oxygens (including phenoxy) is 1. The maximum absolute atomic E-state index is 12.2. The third-order valence-corrected chi connectivity index (χ3v) is 3.64. The van der Waals surface area contributed by atoms with Gasteiger partial charge in [-0.25, -0.2) is 0 Å². The molecule has 2 unspecified atom stereocenters. The summed E-state index contributed by atoms with van der Waals surface area (Å²) in [5, 5.41) is 3.30. The molecular weight excluding hydrogens is 264 g/mol. The number of primary amides is 1. The molecule has 0 saturated carbocycles. The summed E-state index contributed by atoms with van der Waals surface area (Å²) in [6.07, 6.45) is 3.06. The van der Waals surface area contributed by atoms with Crippen LogP contribution >= 0.6 is 0 Å². The molecule has 0 heterocycles. The molecule has 0 bridgehead atoms. The number of carbonyl (C=O) groups is 1. The molecule has 0 radical (unpaired) electrons. The number of benzene rings is 1. The minimum absolute atomic E-state index is 0.112. The van der Waals surface area contributed by atoms with Crippen LogP contribution < -0.4 is 11.1 Å². The van der Waals surface area contributed by atoms with Crippen molar-refractivity contribution < 1.29 is 9.53 Å². The van der Waals surface area contributed by atoms with Crippen LogP contribution in [0.3, 0.4) is 0 Å². The van der Waals surface area contributed by atoms with Gasteiger partial charge in [0.05, 0.1) is 12.7 Å². The fraction of sp³-hybridized carbons (Fsp3) is 0.588. The number of nitrogens with two attached hydrogens (primary N) is 1. The highest BCUT2D eigenvalue weighted by atomic mass is 16.5. The Bertz CT molecular complexity index is 422. The molecule has 1 amide bonds. The lowest BCUT2D eigenvalue weighted by Gasteiger charge is -2.33. The Morgan fingerprint density at radius 1 is 1.29 bits per heavy atom. The molecule has 0 aliphatic rings. The van der Waals surface area contributed by atoms with Crippen LogP contribution in [0, 0.1) is 0 Å². The fourth-order valence-corrected chi connectivity index (χ4v) is 2.36. The molecule has 2 atom stereocenters. The minimum Gasteiger partial charge on any atom is -0.376 e.